The molecule has 0 aliphatic carbocycles. The van der Waals surface area contributed by atoms with E-state index in [2.05, 4.69) is 0 Å². The number of methoxy groups -OCH3 is 3. The topological polar surface area (TPSA) is 83.5 Å². The van der Waals surface area contributed by atoms with Gasteiger partial charge in [0.25, 0.3) is 0 Å². The number of hydrogen-bond donors (Lipinski definition) is 1. The van der Waals surface area contributed by atoms with Crippen LogP contribution in [-0.2, 0) is 13.6 Å². The first kappa shape index (κ1) is 18.8. The Morgan fingerprint density at radius 1 is 1.00 bits per heavy atom. The van der Waals surface area contributed by atoms with Crippen LogP contribution in [0.3, 0.4) is 0 Å². The maximum absolute atomic E-state index is 12.7. The third-order valence-electron chi connectivity index (χ3n) is 2.93. The summed E-state index contributed by atoms with van der Waals surface area (Å²) in [6.07, 6.45) is 0. The molecular formula is C14H23O7P. The molecule has 22 heavy (non-hydrogen) atoms. The lowest BCUT2D eigenvalue weighted by Gasteiger charge is -2.24. The molecule has 0 saturated carbocycles. The fraction of sp³-hybridized carbons (Fsp3) is 0.571. The fourth-order valence-electron chi connectivity index (χ4n) is 2.04. The average molecular weight is 334 g/mol. The second-order valence-electron chi connectivity index (χ2n) is 4.17. The van der Waals surface area contributed by atoms with Gasteiger partial charge in [0, 0.05) is 5.56 Å². The predicted molar refractivity (Wildman–Crippen MR) is 81.9 cm³/mol. The van der Waals surface area contributed by atoms with Gasteiger partial charge in [-0.15, -0.1) is 0 Å². The van der Waals surface area contributed by atoms with E-state index in [0.717, 1.165) is 0 Å². The summed E-state index contributed by atoms with van der Waals surface area (Å²) in [5.74, 6) is -0.560. The van der Waals surface area contributed by atoms with E-state index in [9.17, 15) is 9.67 Å². The minimum absolute atomic E-state index is 0.143. The summed E-state index contributed by atoms with van der Waals surface area (Å²) in [4.78, 5) is 0. The molecule has 0 aliphatic heterocycles. The highest BCUT2D eigenvalue weighted by atomic mass is 31.2. The van der Waals surface area contributed by atoms with Crippen LogP contribution in [0.25, 0.3) is 0 Å². The van der Waals surface area contributed by atoms with Gasteiger partial charge in [-0.2, -0.15) is 0 Å². The van der Waals surface area contributed by atoms with Crippen molar-refractivity contribution in [2.45, 2.75) is 19.7 Å². The van der Waals surface area contributed by atoms with Gasteiger partial charge in [-0.25, -0.2) is 0 Å². The van der Waals surface area contributed by atoms with Gasteiger partial charge in [-0.05, 0) is 26.0 Å². The van der Waals surface area contributed by atoms with E-state index in [4.69, 9.17) is 23.3 Å². The summed E-state index contributed by atoms with van der Waals surface area (Å²) in [5.41, 5.74) is 0.241. The van der Waals surface area contributed by atoms with Crippen LogP contribution in [0.5, 0.6) is 17.2 Å². The maximum atomic E-state index is 12.7. The third kappa shape index (κ3) is 3.73. The quantitative estimate of drug-likeness (QED) is 0.695. The van der Waals surface area contributed by atoms with Crippen molar-refractivity contribution in [1.29, 1.82) is 0 Å². The summed E-state index contributed by atoms with van der Waals surface area (Å²) < 4.78 is 38.8. The Kier molecular flexibility index (Phi) is 7.16. The SMILES string of the molecule is CCOP(=O)(OCC)C(O)c1ccc(OC)c(OC)c1OC. The summed E-state index contributed by atoms with van der Waals surface area (Å²) in [5, 5.41) is 10.5. The third-order valence-corrected chi connectivity index (χ3v) is 5.04. The van der Waals surface area contributed by atoms with Gasteiger partial charge in [0.05, 0.1) is 34.5 Å². The number of aliphatic hydroxyl groups excluding tert-OH is 1. The van der Waals surface area contributed by atoms with Crippen LogP contribution in [0.4, 0.5) is 0 Å². The number of hydrogen-bond acceptors (Lipinski definition) is 7. The van der Waals surface area contributed by atoms with Crippen molar-refractivity contribution in [3.8, 4) is 17.2 Å². The molecule has 1 atom stereocenters. The van der Waals surface area contributed by atoms with Crippen molar-refractivity contribution in [1.82, 2.24) is 0 Å². The van der Waals surface area contributed by atoms with Crippen LogP contribution in [-0.4, -0.2) is 39.6 Å². The standard InChI is InChI=1S/C14H23O7P/c1-6-20-22(16,21-7-2)14(15)10-8-9-11(17-3)13(19-5)12(10)18-4/h8-9,14-15H,6-7H2,1-5H3. The molecule has 1 rings (SSSR count). The Morgan fingerprint density at radius 3 is 1.95 bits per heavy atom. The molecule has 0 spiro atoms. The Hall–Kier alpha value is -1.27. The number of rotatable bonds is 9. The highest BCUT2D eigenvalue weighted by molar-refractivity contribution is 7.54. The van der Waals surface area contributed by atoms with Gasteiger partial charge >= 0.3 is 7.60 Å². The Labute approximate surface area is 130 Å². The molecule has 0 radical (unpaired) electrons. The zero-order chi connectivity index (χ0) is 16.8. The van der Waals surface area contributed by atoms with Gasteiger partial charge < -0.3 is 28.4 Å². The van der Waals surface area contributed by atoms with Gasteiger partial charge in [-0.3, -0.25) is 4.57 Å². The van der Waals surface area contributed by atoms with Crippen molar-refractivity contribution in [2.75, 3.05) is 34.5 Å². The maximum Gasteiger partial charge on any atom is 0.363 e. The molecule has 0 fully saturated rings. The fourth-order valence-corrected chi connectivity index (χ4v) is 3.66. The number of benzene rings is 1. The van der Waals surface area contributed by atoms with E-state index in [1.54, 1.807) is 19.9 Å². The largest absolute Gasteiger partial charge is 0.493 e. The van der Waals surface area contributed by atoms with Gasteiger partial charge in [0.2, 0.25) is 5.75 Å². The first-order valence-electron chi connectivity index (χ1n) is 6.84. The normalized spacial score (nSPS) is 12.8. The van der Waals surface area contributed by atoms with Gasteiger partial charge in [0.15, 0.2) is 17.3 Å². The highest BCUT2D eigenvalue weighted by Gasteiger charge is 2.38. The van der Waals surface area contributed by atoms with Crippen molar-refractivity contribution in [3.05, 3.63) is 17.7 Å². The second-order valence-corrected chi connectivity index (χ2v) is 6.26. The van der Waals surface area contributed by atoms with Crippen molar-refractivity contribution >= 4 is 7.60 Å². The summed E-state index contributed by atoms with van der Waals surface area (Å²) >= 11 is 0. The molecule has 0 amide bonds. The minimum atomic E-state index is -3.75. The van der Waals surface area contributed by atoms with Crippen molar-refractivity contribution in [3.63, 3.8) is 0 Å². The van der Waals surface area contributed by atoms with Crippen LogP contribution in [0, 0.1) is 0 Å². The average Bonchev–Trinajstić information content (AvgIpc) is 2.52. The molecule has 1 unspecified atom stereocenters. The number of ether oxygens (including phenoxy) is 3. The molecule has 0 aromatic heterocycles. The molecule has 0 bridgehead atoms. The van der Waals surface area contributed by atoms with Crippen molar-refractivity contribution < 1.29 is 32.9 Å². The van der Waals surface area contributed by atoms with E-state index >= 15 is 0 Å². The van der Waals surface area contributed by atoms with Crippen LogP contribution in [0.2, 0.25) is 0 Å². The lowest BCUT2D eigenvalue weighted by Crippen LogP contribution is -2.08. The molecule has 126 valence electrons. The van der Waals surface area contributed by atoms with E-state index < -0.39 is 13.4 Å². The first-order valence-corrected chi connectivity index (χ1v) is 8.45. The molecule has 7 nitrogen and oxygen atoms in total. The summed E-state index contributed by atoms with van der Waals surface area (Å²) in [6.45, 7) is 3.63. The molecule has 1 N–H and O–H groups in total. The lowest BCUT2D eigenvalue weighted by atomic mass is 10.2. The minimum Gasteiger partial charge on any atom is -0.493 e. The molecule has 1 aromatic carbocycles. The van der Waals surface area contributed by atoms with Gasteiger partial charge in [0.1, 0.15) is 0 Å². The van der Waals surface area contributed by atoms with Crippen LogP contribution in [0.15, 0.2) is 12.1 Å². The zero-order valence-electron chi connectivity index (χ0n) is 13.5. The van der Waals surface area contributed by atoms with Crippen LogP contribution < -0.4 is 14.2 Å². The molecule has 1 aromatic rings. The first-order chi connectivity index (χ1) is 10.5. The van der Waals surface area contributed by atoms with Crippen molar-refractivity contribution in [2.24, 2.45) is 0 Å². The summed E-state index contributed by atoms with van der Waals surface area (Å²) in [6, 6.07) is 3.12. The second kappa shape index (κ2) is 8.39. The smallest absolute Gasteiger partial charge is 0.363 e. The number of aliphatic hydroxyl groups is 1. The van der Waals surface area contributed by atoms with Gasteiger partial charge in [-0.1, -0.05) is 0 Å². The Morgan fingerprint density at radius 2 is 1.55 bits per heavy atom. The van der Waals surface area contributed by atoms with Crippen LogP contribution in [0.1, 0.15) is 25.3 Å². The molecule has 8 heteroatoms. The monoisotopic (exact) mass is 334 g/mol. The highest BCUT2D eigenvalue weighted by Crippen LogP contribution is 2.62. The Balaban J connectivity index is 3.38. The van der Waals surface area contributed by atoms with E-state index in [1.807, 2.05) is 0 Å². The molecule has 0 heterocycles. The predicted octanol–water partition coefficient (Wildman–Crippen LogP) is 2.97. The summed E-state index contributed by atoms with van der Waals surface area (Å²) in [7, 11) is 0.600. The lowest BCUT2D eigenvalue weighted by molar-refractivity contribution is 0.148. The van der Waals surface area contributed by atoms with E-state index in [-0.39, 0.29) is 24.5 Å². The van der Waals surface area contributed by atoms with E-state index in [1.165, 1.54) is 27.4 Å². The zero-order valence-corrected chi connectivity index (χ0v) is 14.4. The molecule has 0 aliphatic rings. The van der Waals surface area contributed by atoms with E-state index in [0.29, 0.717) is 11.5 Å². The Bertz CT molecular complexity index is 522. The molecule has 0 saturated heterocycles. The molecular weight excluding hydrogens is 311 g/mol. The van der Waals surface area contributed by atoms with Crippen LogP contribution >= 0.6 is 7.60 Å².